The van der Waals surface area contributed by atoms with Gasteiger partial charge in [0.15, 0.2) is 0 Å². The van der Waals surface area contributed by atoms with Crippen molar-refractivity contribution in [1.82, 2.24) is 0 Å². The average Bonchev–Trinajstić information content (AvgIpc) is 2.06. The van der Waals surface area contributed by atoms with Crippen molar-refractivity contribution in [2.24, 2.45) is 0 Å². The average molecular weight is 200 g/mol. The summed E-state index contributed by atoms with van der Waals surface area (Å²) in [5, 5.41) is 0. The van der Waals surface area contributed by atoms with Gasteiger partial charge in [0.25, 0.3) is 11.4 Å². The molecule has 1 aromatic rings. The van der Waals surface area contributed by atoms with E-state index in [4.69, 9.17) is 13.3 Å². The Labute approximate surface area is 80.2 Å². The fourth-order valence-corrected chi connectivity index (χ4v) is 0.781. The molecule has 72 valence electrons. The first kappa shape index (κ1) is 12.0. The van der Waals surface area contributed by atoms with Gasteiger partial charge in [0.1, 0.15) is 0 Å². The molecule has 0 aromatic heterocycles. The molecule has 2 N–H and O–H groups in total. The van der Waals surface area contributed by atoms with Gasteiger partial charge in [-0.25, -0.2) is 0 Å². The van der Waals surface area contributed by atoms with Gasteiger partial charge in [-0.3, -0.25) is 9.11 Å². The molecule has 0 saturated heterocycles. The summed E-state index contributed by atoms with van der Waals surface area (Å²) < 4.78 is 22.8. The highest BCUT2D eigenvalue weighted by molar-refractivity contribution is 7.73. The maximum absolute atomic E-state index is 8.67. The number of rotatable bonds is 2. The lowest BCUT2D eigenvalue weighted by molar-refractivity contribution is 0.454. The fourth-order valence-electron chi connectivity index (χ4n) is 0.781. The maximum atomic E-state index is 8.67. The first-order valence-electron chi connectivity index (χ1n) is 3.61. The molecule has 0 spiro atoms. The molecule has 0 aliphatic rings. The number of allylic oxidation sites excluding steroid dienone is 1. The summed E-state index contributed by atoms with van der Waals surface area (Å²) in [7, 11) is 0. The third-order valence-corrected chi connectivity index (χ3v) is 1.22. The van der Waals surface area contributed by atoms with Crippen LogP contribution < -0.4 is 0 Å². The Balaban J connectivity index is 0.000000310. The summed E-state index contributed by atoms with van der Waals surface area (Å²) in [4.78, 5) is 0. The molecule has 0 fully saturated rings. The second kappa shape index (κ2) is 7.67. The molecule has 13 heavy (non-hydrogen) atoms. The van der Waals surface area contributed by atoms with Gasteiger partial charge in [-0.05, 0) is 12.0 Å². The molecule has 0 aliphatic heterocycles. The van der Waals surface area contributed by atoms with E-state index in [2.05, 4.69) is 18.7 Å². The van der Waals surface area contributed by atoms with Crippen molar-refractivity contribution in [2.45, 2.75) is 6.42 Å². The van der Waals surface area contributed by atoms with Gasteiger partial charge >= 0.3 is 0 Å². The highest BCUT2D eigenvalue weighted by atomic mass is 32.2. The lowest BCUT2D eigenvalue weighted by Crippen LogP contribution is -1.75. The largest absolute Gasteiger partial charge is 0.299 e. The zero-order valence-electron chi connectivity index (χ0n) is 7.09. The third-order valence-electron chi connectivity index (χ3n) is 1.22. The van der Waals surface area contributed by atoms with E-state index in [1.165, 1.54) is 5.56 Å². The maximum Gasteiger partial charge on any atom is 0.299 e. The highest BCUT2D eigenvalue weighted by Gasteiger charge is 1.82. The number of hydrogen-bond acceptors (Lipinski definition) is 1. The van der Waals surface area contributed by atoms with Crippen LogP contribution in [0.3, 0.4) is 0 Å². The van der Waals surface area contributed by atoms with Gasteiger partial charge in [-0.1, -0.05) is 36.4 Å². The lowest BCUT2D eigenvalue weighted by atomic mass is 10.2. The molecule has 0 radical (unpaired) electrons. The van der Waals surface area contributed by atoms with Gasteiger partial charge in [0.05, 0.1) is 0 Å². The van der Waals surface area contributed by atoms with Crippen molar-refractivity contribution in [3.05, 3.63) is 48.6 Å². The van der Waals surface area contributed by atoms with Crippen molar-refractivity contribution in [1.29, 1.82) is 0 Å². The van der Waals surface area contributed by atoms with Crippen LogP contribution in [0.25, 0.3) is 0 Å². The van der Waals surface area contributed by atoms with Crippen LogP contribution in [-0.2, 0) is 17.8 Å². The van der Waals surface area contributed by atoms with Crippen molar-refractivity contribution in [3.63, 3.8) is 0 Å². The Kier molecular flexibility index (Phi) is 7.10. The minimum Gasteiger partial charge on any atom is -0.284 e. The van der Waals surface area contributed by atoms with E-state index >= 15 is 0 Å². The molecule has 0 aliphatic carbocycles. The van der Waals surface area contributed by atoms with Crippen LogP contribution in [-0.4, -0.2) is 13.3 Å². The number of hydrogen-bond donors (Lipinski definition) is 2. The molecule has 0 bridgehead atoms. The Bertz CT molecular complexity index is 255. The summed E-state index contributed by atoms with van der Waals surface area (Å²) in [5.41, 5.74) is 1.33. The van der Waals surface area contributed by atoms with E-state index in [0.29, 0.717) is 0 Å². The van der Waals surface area contributed by atoms with Crippen LogP contribution in [0.5, 0.6) is 0 Å². The van der Waals surface area contributed by atoms with Gasteiger partial charge in [0.2, 0.25) is 0 Å². The number of benzene rings is 1. The first-order valence-corrected chi connectivity index (χ1v) is 4.68. The minimum absolute atomic E-state index is 0.973. The molecule has 0 unspecified atom stereocenters. The molecule has 0 heterocycles. The molecule has 1 aromatic carbocycles. The van der Waals surface area contributed by atoms with Gasteiger partial charge in [-0.15, -0.1) is 6.58 Å². The molecule has 0 amide bonds. The molecular weight excluding hydrogens is 188 g/mol. The van der Waals surface area contributed by atoms with Crippen LogP contribution in [0.4, 0.5) is 0 Å². The smallest absolute Gasteiger partial charge is 0.284 e. The standard InChI is InChI=1S/C9H10.H2O3S/c1-2-6-9-7-4-3-5-8-9;1-4(2)3/h2-5,7-8H,1,6H2;(H2,1,2,3). The van der Waals surface area contributed by atoms with E-state index in [1.54, 1.807) is 0 Å². The van der Waals surface area contributed by atoms with Crippen molar-refractivity contribution >= 4 is 11.4 Å². The minimum atomic E-state index is -2.61. The van der Waals surface area contributed by atoms with Crippen molar-refractivity contribution < 1.29 is 13.3 Å². The molecule has 1 rings (SSSR count). The molecule has 4 heteroatoms. The van der Waals surface area contributed by atoms with Crippen LogP contribution in [0, 0.1) is 0 Å². The first-order chi connectivity index (χ1) is 6.16. The fraction of sp³-hybridized carbons (Fsp3) is 0.111. The second-order valence-electron chi connectivity index (χ2n) is 2.21. The zero-order chi connectivity index (χ0) is 10.1. The van der Waals surface area contributed by atoms with Crippen LogP contribution in [0.2, 0.25) is 0 Å². The van der Waals surface area contributed by atoms with E-state index < -0.39 is 11.4 Å². The van der Waals surface area contributed by atoms with Gasteiger partial charge in [-0.2, -0.15) is 4.21 Å². The van der Waals surface area contributed by atoms with Crippen molar-refractivity contribution in [2.75, 3.05) is 0 Å². The predicted octanol–water partition coefficient (Wildman–Crippen LogP) is 2.10. The Morgan fingerprint density at radius 1 is 1.31 bits per heavy atom. The van der Waals surface area contributed by atoms with E-state index in [-0.39, 0.29) is 0 Å². The summed E-state index contributed by atoms with van der Waals surface area (Å²) in [6.07, 6.45) is 2.89. The normalized spacial score (nSPS) is 8.85. The van der Waals surface area contributed by atoms with E-state index in [1.807, 2.05) is 24.3 Å². The van der Waals surface area contributed by atoms with Crippen LogP contribution in [0.15, 0.2) is 43.0 Å². The summed E-state index contributed by atoms with van der Waals surface area (Å²) in [6.45, 7) is 3.66. The topological polar surface area (TPSA) is 57.5 Å². The lowest BCUT2D eigenvalue weighted by Gasteiger charge is -1.91. The summed E-state index contributed by atoms with van der Waals surface area (Å²) >= 11 is -2.61. The SMILES string of the molecule is C=CCc1ccccc1.O=S(O)O. The van der Waals surface area contributed by atoms with E-state index in [9.17, 15) is 0 Å². The summed E-state index contributed by atoms with van der Waals surface area (Å²) in [5.74, 6) is 0. The predicted molar refractivity (Wildman–Crippen MR) is 53.7 cm³/mol. The van der Waals surface area contributed by atoms with Gasteiger partial charge in [0, 0.05) is 0 Å². The molecule has 0 saturated carbocycles. The molecule has 3 nitrogen and oxygen atoms in total. The second-order valence-corrected chi connectivity index (χ2v) is 2.67. The Morgan fingerprint density at radius 2 is 1.77 bits per heavy atom. The molecular formula is C9H12O3S. The third kappa shape index (κ3) is 8.94. The summed E-state index contributed by atoms with van der Waals surface area (Å²) in [6, 6.07) is 10.3. The van der Waals surface area contributed by atoms with E-state index in [0.717, 1.165) is 6.42 Å². The monoisotopic (exact) mass is 200 g/mol. The molecule has 0 atom stereocenters. The quantitative estimate of drug-likeness (QED) is 0.567. The van der Waals surface area contributed by atoms with Gasteiger partial charge < -0.3 is 0 Å². The van der Waals surface area contributed by atoms with Crippen molar-refractivity contribution in [3.8, 4) is 0 Å². The highest BCUT2D eigenvalue weighted by Crippen LogP contribution is 1.98. The Hall–Kier alpha value is -0.970. The Morgan fingerprint density at radius 3 is 2.15 bits per heavy atom. The van der Waals surface area contributed by atoms with Crippen LogP contribution in [0.1, 0.15) is 5.56 Å². The zero-order valence-corrected chi connectivity index (χ0v) is 7.91. The van der Waals surface area contributed by atoms with Crippen LogP contribution >= 0.6 is 0 Å².